The van der Waals surface area contributed by atoms with Crippen molar-refractivity contribution in [2.45, 2.75) is 18.9 Å². The fraction of sp³-hybridized carbons (Fsp3) is 0.385. The molecule has 19 heavy (non-hydrogen) atoms. The topological polar surface area (TPSA) is 55.6 Å². The SMILES string of the molecule is Cn1/c(=N\NC(=O)C2CCCO2)sc2ccccc21. The Balaban J connectivity index is 1.85. The lowest BCUT2D eigenvalue weighted by atomic mass is 10.2. The minimum atomic E-state index is -0.344. The third kappa shape index (κ3) is 2.41. The molecule has 0 aliphatic carbocycles. The van der Waals surface area contributed by atoms with Gasteiger partial charge >= 0.3 is 0 Å². The molecule has 0 spiro atoms. The minimum Gasteiger partial charge on any atom is -0.368 e. The van der Waals surface area contributed by atoms with Crippen LogP contribution >= 0.6 is 11.3 Å². The normalized spacial score (nSPS) is 20.1. The Morgan fingerprint density at radius 2 is 2.37 bits per heavy atom. The van der Waals surface area contributed by atoms with E-state index in [9.17, 15) is 4.79 Å². The second-order valence-corrected chi connectivity index (χ2v) is 5.51. The highest BCUT2D eigenvalue weighted by Gasteiger charge is 2.23. The van der Waals surface area contributed by atoms with Gasteiger partial charge in [-0.2, -0.15) is 0 Å². The van der Waals surface area contributed by atoms with E-state index in [-0.39, 0.29) is 12.0 Å². The number of hydrogen-bond acceptors (Lipinski definition) is 4. The zero-order chi connectivity index (χ0) is 13.2. The van der Waals surface area contributed by atoms with Crippen LogP contribution in [0.25, 0.3) is 10.2 Å². The van der Waals surface area contributed by atoms with E-state index < -0.39 is 0 Å². The standard InChI is InChI=1S/C13H15N3O2S/c1-16-9-5-2-3-7-11(9)19-13(16)15-14-12(17)10-6-4-8-18-10/h2-3,5,7,10H,4,6,8H2,1H3,(H,14,17)/b15-13+. The summed E-state index contributed by atoms with van der Waals surface area (Å²) in [7, 11) is 1.94. The van der Waals surface area contributed by atoms with Gasteiger partial charge in [0, 0.05) is 13.7 Å². The molecule has 100 valence electrons. The fourth-order valence-corrected chi connectivity index (χ4v) is 3.13. The molecule has 1 aromatic heterocycles. The summed E-state index contributed by atoms with van der Waals surface area (Å²) in [6.07, 6.45) is 1.37. The number of thiazole rings is 1. The number of ether oxygens (including phenoxy) is 1. The molecule has 1 N–H and O–H groups in total. The average molecular weight is 277 g/mol. The van der Waals surface area contributed by atoms with Gasteiger partial charge in [-0.1, -0.05) is 23.5 Å². The van der Waals surface area contributed by atoms with Gasteiger partial charge in [-0.25, -0.2) is 5.43 Å². The molecule has 0 bridgehead atoms. The first-order valence-electron chi connectivity index (χ1n) is 6.25. The van der Waals surface area contributed by atoms with Gasteiger partial charge in [0.1, 0.15) is 6.10 Å². The lowest BCUT2D eigenvalue weighted by Gasteiger charge is -2.05. The molecule has 0 saturated carbocycles. The molecule has 0 radical (unpaired) electrons. The summed E-state index contributed by atoms with van der Waals surface area (Å²) in [6, 6.07) is 8.06. The second kappa shape index (κ2) is 5.14. The molecule has 1 aliphatic rings. The predicted octanol–water partition coefficient (Wildman–Crippen LogP) is 1.35. The number of amides is 1. The van der Waals surface area contributed by atoms with Gasteiger partial charge in [-0.3, -0.25) is 4.79 Å². The van der Waals surface area contributed by atoms with Crippen LogP contribution in [0.2, 0.25) is 0 Å². The molecule has 2 heterocycles. The van der Waals surface area contributed by atoms with Crippen molar-refractivity contribution in [2.75, 3.05) is 6.61 Å². The summed E-state index contributed by atoms with van der Waals surface area (Å²) in [6.45, 7) is 0.661. The maximum atomic E-state index is 11.8. The first kappa shape index (κ1) is 12.4. The molecule has 1 fully saturated rings. The summed E-state index contributed by atoms with van der Waals surface area (Å²) in [5, 5.41) is 4.19. The highest BCUT2D eigenvalue weighted by Crippen LogP contribution is 2.15. The van der Waals surface area contributed by atoms with E-state index in [4.69, 9.17) is 4.74 Å². The van der Waals surface area contributed by atoms with Crippen LogP contribution in [0, 0.1) is 0 Å². The second-order valence-electron chi connectivity index (χ2n) is 4.50. The first-order chi connectivity index (χ1) is 9.25. The van der Waals surface area contributed by atoms with Crippen molar-refractivity contribution in [3.05, 3.63) is 29.1 Å². The van der Waals surface area contributed by atoms with Gasteiger partial charge in [0.15, 0.2) is 0 Å². The van der Waals surface area contributed by atoms with Crippen molar-refractivity contribution in [1.29, 1.82) is 0 Å². The van der Waals surface area contributed by atoms with Crippen molar-refractivity contribution in [2.24, 2.45) is 12.1 Å². The van der Waals surface area contributed by atoms with Gasteiger partial charge in [0.25, 0.3) is 5.91 Å². The zero-order valence-corrected chi connectivity index (χ0v) is 11.4. The van der Waals surface area contributed by atoms with Crippen LogP contribution in [0.4, 0.5) is 0 Å². The van der Waals surface area contributed by atoms with E-state index in [2.05, 4.69) is 10.5 Å². The summed E-state index contributed by atoms with van der Waals surface area (Å²) >= 11 is 1.55. The molecule has 1 atom stereocenters. The van der Waals surface area contributed by atoms with E-state index in [0.29, 0.717) is 6.61 Å². The van der Waals surface area contributed by atoms with Crippen LogP contribution in [0.3, 0.4) is 0 Å². The zero-order valence-electron chi connectivity index (χ0n) is 10.6. The summed E-state index contributed by atoms with van der Waals surface area (Å²) in [5.74, 6) is -0.157. The fourth-order valence-electron chi connectivity index (χ4n) is 2.15. The summed E-state index contributed by atoms with van der Waals surface area (Å²) in [4.78, 5) is 12.6. The van der Waals surface area contributed by atoms with E-state index in [1.165, 1.54) is 0 Å². The van der Waals surface area contributed by atoms with Crippen LogP contribution in [-0.2, 0) is 16.6 Å². The Kier molecular flexibility index (Phi) is 3.35. The number of nitrogens with zero attached hydrogens (tertiary/aromatic N) is 2. The molecule has 1 unspecified atom stereocenters. The molecule has 5 nitrogen and oxygen atoms in total. The van der Waals surface area contributed by atoms with Crippen LogP contribution in [0.15, 0.2) is 29.4 Å². The molecule has 1 aromatic carbocycles. The Morgan fingerprint density at radius 3 is 3.11 bits per heavy atom. The minimum absolute atomic E-state index is 0.157. The molecule has 1 amide bonds. The van der Waals surface area contributed by atoms with Crippen molar-refractivity contribution in [1.82, 2.24) is 9.99 Å². The first-order valence-corrected chi connectivity index (χ1v) is 7.07. The van der Waals surface area contributed by atoms with Crippen LogP contribution in [0.1, 0.15) is 12.8 Å². The lowest BCUT2D eigenvalue weighted by Crippen LogP contribution is -2.32. The number of fused-ring (bicyclic) bond motifs is 1. The maximum absolute atomic E-state index is 11.8. The van der Waals surface area contributed by atoms with Gasteiger partial charge in [0.05, 0.1) is 10.2 Å². The number of para-hydroxylation sites is 1. The lowest BCUT2D eigenvalue weighted by molar-refractivity contribution is -0.130. The summed E-state index contributed by atoms with van der Waals surface area (Å²) in [5.41, 5.74) is 3.70. The van der Waals surface area contributed by atoms with Gasteiger partial charge in [-0.15, -0.1) is 5.10 Å². The van der Waals surface area contributed by atoms with E-state index in [1.54, 1.807) is 11.3 Å². The van der Waals surface area contributed by atoms with E-state index >= 15 is 0 Å². The van der Waals surface area contributed by atoms with Gasteiger partial charge < -0.3 is 9.30 Å². The van der Waals surface area contributed by atoms with Crippen molar-refractivity contribution in [3.8, 4) is 0 Å². The van der Waals surface area contributed by atoms with Gasteiger partial charge in [0.2, 0.25) is 4.80 Å². The third-order valence-corrected chi connectivity index (χ3v) is 4.31. The Hall–Kier alpha value is -1.66. The number of aromatic nitrogens is 1. The van der Waals surface area contributed by atoms with Crippen molar-refractivity contribution >= 4 is 27.5 Å². The molecular formula is C13H15N3O2S. The maximum Gasteiger partial charge on any atom is 0.269 e. The smallest absolute Gasteiger partial charge is 0.269 e. The Bertz CT molecular complexity index is 668. The number of aryl methyl sites for hydroxylation is 1. The van der Waals surface area contributed by atoms with E-state index in [0.717, 1.165) is 27.9 Å². The average Bonchev–Trinajstić information content (AvgIpc) is 3.05. The van der Waals surface area contributed by atoms with Crippen LogP contribution in [0.5, 0.6) is 0 Å². The number of carbonyl (C=O) groups excluding carboxylic acids is 1. The molecule has 2 aromatic rings. The highest BCUT2D eigenvalue weighted by atomic mass is 32.1. The number of nitrogens with one attached hydrogen (secondary N) is 1. The van der Waals surface area contributed by atoms with Gasteiger partial charge in [-0.05, 0) is 25.0 Å². The predicted molar refractivity (Wildman–Crippen MR) is 73.5 cm³/mol. The van der Waals surface area contributed by atoms with Crippen molar-refractivity contribution < 1.29 is 9.53 Å². The largest absolute Gasteiger partial charge is 0.368 e. The molecule has 6 heteroatoms. The Morgan fingerprint density at radius 1 is 1.53 bits per heavy atom. The number of benzene rings is 1. The van der Waals surface area contributed by atoms with Crippen molar-refractivity contribution in [3.63, 3.8) is 0 Å². The molecular weight excluding hydrogens is 262 g/mol. The Labute approximate surface area is 114 Å². The quantitative estimate of drug-likeness (QED) is 0.842. The molecule has 1 saturated heterocycles. The van der Waals surface area contributed by atoms with E-state index in [1.807, 2.05) is 35.9 Å². The van der Waals surface area contributed by atoms with Crippen LogP contribution < -0.4 is 10.2 Å². The third-order valence-electron chi connectivity index (χ3n) is 3.20. The molecule has 3 rings (SSSR count). The number of hydrogen-bond donors (Lipinski definition) is 1. The van der Waals surface area contributed by atoms with Crippen LogP contribution in [-0.4, -0.2) is 23.2 Å². The monoisotopic (exact) mass is 277 g/mol. The molecule has 1 aliphatic heterocycles. The number of carbonyl (C=O) groups is 1. The number of rotatable bonds is 2. The highest BCUT2D eigenvalue weighted by molar-refractivity contribution is 7.16. The summed E-state index contributed by atoms with van der Waals surface area (Å²) < 4.78 is 8.43.